The summed E-state index contributed by atoms with van der Waals surface area (Å²) >= 11 is 5.80. The third-order valence-corrected chi connectivity index (χ3v) is 2.32. The van der Waals surface area contributed by atoms with Crippen molar-refractivity contribution in [3.05, 3.63) is 22.8 Å². The van der Waals surface area contributed by atoms with Crippen molar-refractivity contribution in [2.75, 3.05) is 7.11 Å². The quantitative estimate of drug-likeness (QED) is 0.841. The number of nitrogens with zero attached hydrogens (tertiary/aromatic N) is 1. The second kappa shape index (κ2) is 4.75. The molecule has 1 heterocycles. The zero-order valence-corrected chi connectivity index (χ0v) is 9.38. The topological polar surface area (TPSA) is 91.5 Å². The molecule has 0 radical (unpaired) electrons. The molecule has 1 aromatic heterocycles. The maximum Gasteiger partial charge on any atom is 0.333 e. The van der Waals surface area contributed by atoms with Gasteiger partial charge < -0.3 is 4.74 Å². The van der Waals surface area contributed by atoms with E-state index in [0.717, 1.165) is 0 Å². The summed E-state index contributed by atoms with van der Waals surface area (Å²) in [5, 5.41) is 4.97. The van der Waals surface area contributed by atoms with Crippen LogP contribution < -0.4 is 9.88 Å². The molecule has 1 aromatic rings. The number of ether oxygens (including phenoxy) is 1. The van der Waals surface area contributed by atoms with Gasteiger partial charge in [-0.05, 0) is 6.07 Å². The van der Waals surface area contributed by atoms with Crippen LogP contribution >= 0.6 is 11.6 Å². The lowest BCUT2D eigenvalue weighted by Gasteiger charge is -2.07. The van der Waals surface area contributed by atoms with Crippen LogP contribution in [0.2, 0.25) is 5.02 Å². The molecule has 0 saturated carbocycles. The van der Waals surface area contributed by atoms with Gasteiger partial charge in [0.15, 0.2) is 0 Å². The van der Waals surface area contributed by atoms with E-state index in [2.05, 4.69) is 14.3 Å². The second-order valence-corrected chi connectivity index (χ2v) is 4.16. The fourth-order valence-corrected chi connectivity index (χ4v) is 1.37. The minimum atomic E-state index is -4.01. The molecule has 6 nitrogen and oxygen atoms in total. The summed E-state index contributed by atoms with van der Waals surface area (Å²) in [4.78, 5) is 3.84. The van der Waals surface area contributed by atoms with E-state index in [1.165, 1.54) is 19.4 Å². The van der Waals surface area contributed by atoms with E-state index in [4.69, 9.17) is 16.3 Å². The highest BCUT2D eigenvalue weighted by molar-refractivity contribution is 7.84. The van der Waals surface area contributed by atoms with E-state index in [1.54, 1.807) is 0 Å². The molecule has 0 amide bonds. The zero-order chi connectivity index (χ0) is 11.5. The Bertz CT molecular complexity index is 448. The van der Waals surface area contributed by atoms with E-state index < -0.39 is 10.3 Å². The third-order valence-electron chi connectivity index (χ3n) is 1.52. The first-order chi connectivity index (χ1) is 6.94. The van der Waals surface area contributed by atoms with Crippen molar-refractivity contribution in [3.63, 3.8) is 0 Å². The van der Waals surface area contributed by atoms with Gasteiger partial charge in [-0.15, -0.1) is 0 Å². The zero-order valence-electron chi connectivity index (χ0n) is 7.81. The maximum absolute atomic E-state index is 10.6. The van der Waals surface area contributed by atoms with Crippen LogP contribution in [0.15, 0.2) is 12.3 Å². The molecule has 0 aromatic carbocycles. The fraction of sp³-hybridized carbons (Fsp3) is 0.286. The summed E-state index contributed by atoms with van der Waals surface area (Å²) < 4.78 is 30.4. The van der Waals surface area contributed by atoms with E-state index in [9.17, 15) is 8.42 Å². The molecule has 0 bridgehead atoms. The van der Waals surface area contributed by atoms with E-state index >= 15 is 0 Å². The van der Waals surface area contributed by atoms with Crippen LogP contribution in [0.4, 0.5) is 0 Å². The highest BCUT2D eigenvalue weighted by Gasteiger charge is 2.12. The lowest BCUT2D eigenvalue weighted by atomic mass is 10.3. The van der Waals surface area contributed by atoms with Gasteiger partial charge in [0.05, 0.1) is 24.3 Å². The van der Waals surface area contributed by atoms with Crippen molar-refractivity contribution in [1.82, 2.24) is 4.98 Å². The number of nitrogens with two attached hydrogens (primary N) is 1. The molecule has 1 rings (SSSR count). The van der Waals surface area contributed by atoms with Crippen LogP contribution in [-0.2, 0) is 21.1 Å². The van der Waals surface area contributed by atoms with Crippen molar-refractivity contribution in [3.8, 4) is 5.88 Å². The number of methoxy groups -OCH3 is 1. The maximum atomic E-state index is 10.6. The van der Waals surface area contributed by atoms with Gasteiger partial charge in [0, 0.05) is 6.20 Å². The van der Waals surface area contributed by atoms with Crippen LogP contribution in [0.25, 0.3) is 0 Å². The standard InChI is InChI=1S/C7H9ClN2O4S/c1-13-7-5(4-14-15(9,11)12)6(8)2-3-10-7/h2-3H,4H2,1H3,(H2,9,11,12). The number of aromatic nitrogens is 1. The predicted octanol–water partition coefficient (Wildman–Crippen LogP) is 0.464. The molecule has 2 N–H and O–H groups in total. The Morgan fingerprint density at radius 2 is 2.27 bits per heavy atom. The van der Waals surface area contributed by atoms with E-state index in [-0.39, 0.29) is 12.5 Å². The van der Waals surface area contributed by atoms with Gasteiger partial charge in [0.25, 0.3) is 0 Å². The van der Waals surface area contributed by atoms with Crippen molar-refractivity contribution < 1.29 is 17.3 Å². The van der Waals surface area contributed by atoms with Gasteiger partial charge in [0.2, 0.25) is 5.88 Å². The number of hydrogen-bond acceptors (Lipinski definition) is 5. The van der Waals surface area contributed by atoms with Crippen LogP contribution in [0.5, 0.6) is 5.88 Å². The Kier molecular flexibility index (Phi) is 3.86. The van der Waals surface area contributed by atoms with E-state index in [1.807, 2.05) is 0 Å². The predicted molar refractivity (Wildman–Crippen MR) is 53.7 cm³/mol. The van der Waals surface area contributed by atoms with Gasteiger partial charge in [-0.3, -0.25) is 4.18 Å². The summed E-state index contributed by atoms with van der Waals surface area (Å²) in [5.41, 5.74) is 0.329. The molecule has 0 aliphatic rings. The largest absolute Gasteiger partial charge is 0.481 e. The first kappa shape index (κ1) is 12.2. The summed E-state index contributed by atoms with van der Waals surface area (Å²) in [6, 6.07) is 1.49. The van der Waals surface area contributed by atoms with Gasteiger partial charge in [-0.1, -0.05) is 11.6 Å². The van der Waals surface area contributed by atoms with Crippen LogP contribution in [0.1, 0.15) is 5.56 Å². The summed E-state index contributed by atoms with van der Waals surface area (Å²) in [6.07, 6.45) is 1.43. The Morgan fingerprint density at radius 3 is 2.80 bits per heavy atom. The molecule has 0 saturated heterocycles. The lowest BCUT2D eigenvalue weighted by molar-refractivity contribution is 0.297. The lowest BCUT2D eigenvalue weighted by Crippen LogP contribution is -2.16. The second-order valence-electron chi connectivity index (χ2n) is 2.54. The number of hydrogen-bond donors (Lipinski definition) is 1. The highest BCUT2D eigenvalue weighted by atomic mass is 35.5. The molecular formula is C7H9ClN2O4S. The number of rotatable bonds is 4. The Hall–Kier alpha value is -0.890. The average Bonchev–Trinajstić information content (AvgIpc) is 2.14. The first-order valence-electron chi connectivity index (χ1n) is 3.78. The molecule has 0 spiro atoms. The molecule has 0 atom stereocenters. The SMILES string of the molecule is COc1nccc(Cl)c1COS(N)(=O)=O. The minimum Gasteiger partial charge on any atom is -0.481 e. The Labute approximate surface area is 92.2 Å². The fourth-order valence-electron chi connectivity index (χ4n) is 0.899. The molecule has 0 aliphatic heterocycles. The summed E-state index contributed by atoms with van der Waals surface area (Å²) in [5.74, 6) is 0.200. The van der Waals surface area contributed by atoms with Gasteiger partial charge in [-0.2, -0.15) is 8.42 Å². The smallest absolute Gasteiger partial charge is 0.333 e. The molecule has 0 unspecified atom stereocenters. The third kappa shape index (κ3) is 3.63. The van der Waals surface area contributed by atoms with Crippen LogP contribution in [-0.4, -0.2) is 20.5 Å². The van der Waals surface area contributed by atoms with E-state index in [0.29, 0.717) is 10.6 Å². The van der Waals surface area contributed by atoms with Crippen molar-refractivity contribution in [2.45, 2.75) is 6.61 Å². The van der Waals surface area contributed by atoms with Gasteiger partial charge in [0.1, 0.15) is 0 Å². The Balaban J connectivity index is 2.93. The number of pyridine rings is 1. The summed E-state index contributed by atoms with van der Waals surface area (Å²) in [6.45, 7) is -0.311. The molecule has 0 fully saturated rings. The molecule has 15 heavy (non-hydrogen) atoms. The average molecular weight is 253 g/mol. The Morgan fingerprint density at radius 1 is 1.60 bits per heavy atom. The van der Waals surface area contributed by atoms with Crippen LogP contribution in [0.3, 0.4) is 0 Å². The molecule has 8 heteroatoms. The summed E-state index contributed by atoms with van der Waals surface area (Å²) in [7, 11) is -2.62. The van der Waals surface area contributed by atoms with Crippen LogP contribution in [0, 0.1) is 0 Å². The highest BCUT2D eigenvalue weighted by Crippen LogP contribution is 2.24. The molecule has 84 valence electrons. The van der Waals surface area contributed by atoms with Crippen molar-refractivity contribution >= 4 is 21.9 Å². The first-order valence-corrected chi connectivity index (χ1v) is 5.63. The van der Waals surface area contributed by atoms with Gasteiger partial charge in [-0.25, -0.2) is 10.1 Å². The normalized spacial score (nSPS) is 11.4. The molecule has 0 aliphatic carbocycles. The minimum absolute atomic E-state index is 0.200. The number of halogens is 1. The van der Waals surface area contributed by atoms with Crippen molar-refractivity contribution in [1.29, 1.82) is 0 Å². The molecular weight excluding hydrogens is 244 g/mol. The van der Waals surface area contributed by atoms with Crippen molar-refractivity contribution in [2.24, 2.45) is 5.14 Å². The monoisotopic (exact) mass is 252 g/mol. The van der Waals surface area contributed by atoms with Gasteiger partial charge >= 0.3 is 10.3 Å².